The highest BCUT2D eigenvalue weighted by Crippen LogP contribution is 2.31. The average molecular weight is 395 g/mol. The van der Waals surface area contributed by atoms with Gasteiger partial charge in [0.2, 0.25) is 0 Å². The molecule has 0 spiro atoms. The van der Waals surface area contributed by atoms with Gasteiger partial charge >= 0.3 is 0 Å². The second kappa shape index (κ2) is 8.67. The first-order valence-electron chi connectivity index (χ1n) is 7.63. The molecule has 0 aliphatic heterocycles. The van der Waals surface area contributed by atoms with E-state index in [1.165, 1.54) is 0 Å². The van der Waals surface area contributed by atoms with Crippen molar-refractivity contribution in [3.8, 4) is 17.1 Å². The van der Waals surface area contributed by atoms with Crippen molar-refractivity contribution in [1.82, 2.24) is 19.7 Å². The fraction of sp³-hybridized carbons (Fsp3) is 0.235. The number of hydrogen-bond donors (Lipinski definition) is 0. The number of nitrogens with zero attached hydrogens (tertiary/aromatic N) is 4. The Bertz CT molecular complexity index is 842. The molecule has 0 saturated carbocycles. The Hall–Kier alpha value is -1.60. The molecule has 2 heterocycles. The minimum Gasteiger partial charge on any atom is -0.385 e. The molecule has 25 heavy (non-hydrogen) atoms. The van der Waals surface area contributed by atoms with Crippen LogP contribution in [-0.4, -0.2) is 39.2 Å². The Kier molecular flexibility index (Phi) is 6.31. The van der Waals surface area contributed by atoms with Gasteiger partial charge in [-0.25, -0.2) is 0 Å². The molecule has 8 heteroatoms. The summed E-state index contributed by atoms with van der Waals surface area (Å²) in [5, 5.41) is 10.5. The van der Waals surface area contributed by atoms with Gasteiger partial charge in [-0.1, -0.05) is 35.0 Å². The van der Waals surface area contributed by atoms with E-state index in [-0.39, 0.29) is 0 Å². The van der Waals surface area contributed by atoms with Crippen molar-refractivity contribution in [2.24, 2.45) is 0 Å². The molecule has 3 rings (SSSR count). The van der Waals surface area contributed by atoms with Crippen LogP contribution < -0.4 is 0 Å². The van der Waals surface area contributed by atoms with E-state index in [0.29, 0.717) is 22.5 Å². The lowest BCUT2D eigenvalue weighted by molar-refractivity contribution is 0.200. The van der Waals surface area contributed by atoms with E-state index in [4.69, 9.17) is 27.9 Å². The maximum Gasteiger partial charge on any atom is 0.196 e. The fourth-order valence-electron chi connectivity index (χ4n) is 2.27. The van der Waals surface area contributed by atoms with Crippen LogP contribution in [-0.2, 0) is 4.74 Å². The lowest BCUT2D eigenvalue weighted by atomic mass is 10.2. The summed E-state index contributed by atoms with van der Waals surface area (Å²) in [4.78, 5) is 4.17. The number of methoxy groups -OCH3 is 1. The van der Waals surface area contributed by atoms with E-state index in [1.54, 1.807) is 37.3 Å². The molecule has 0 fully saturated rings. The highest BCUT2D eigenvalue weighted by atomic mass is 35.5. The third kappa shape index (κ3) is 4.33. The van der Waals surface area contributed by atoms with Crippen molar-refractivity contribution in [3.05, 3.63) is 52.8 Å². The standard InChI is InChI=1S/C17H16Cl2N4OS/c1-24-8-3-9-25-17-22-21-16(12-4-2-7-20-11-12)23(17)13-5-6-14(18)15(19)10-13/h2,4-7,10-11H,3,8-9H2,1H3. The van der Waals surface area contributed by atoms with Crippen LogP contribution >= 0.6 is 35.0 Å². The summed E-state index contributed by atoms with van der Waals surface area (Å²) in [6.45, 7) is 0.712. The van der Waals surface area contributed by atoms with Crippen molar-refractivity contribution in [2.75, 3.05) is 19.5 Å². The molecule has 0 atom stereocenters. The van der Waals surface area contributed by atoms with Gasteiger partial charge in [-0.15, -0.1) is 10.2 Å². The summed E-state index contributed by atoms with van der Waals surface area (Å²) >= 11 is 13.9. The van der Waals surface area contributed by atoms with Gasteiger partial charge in [0.1, 0.15) is 0 Å². The van der Waals surface area contributed by atoms with Gasteiger partial charge in [0, 0.05) is 37.4 Å². The van der Waals surface area contributed by atoms with Crippen LogP contribution in [0.25, 0.3) is 17.1 Å². The van der Waals surface area contributed by atoms with Gasteiger partial charge < -0.3 is 4.74 Å². The van der Waals surface area contributed by atoms with Crippen molar-refractivity contribution < 1.29 is 4.74 Å². The van der Waals surface area contributed by atoms with Crippen LogP contribution in [0.3, 0.4) is 0 Å². The number of halogens is 2. The summed E-state index contributed by atoms with van der Waals surface area (Å²) in [6.07, 6.45) is 4.42. The number of rotatable bonds is 7. The van der Waals surface area contributed by atoms with E-state index in [0.717, 1.165) is 28.6 Å². The van der Waals surface area contributed by atoms with Gasteiger partial charge in [0.15, 0.2) is 11.0 Å². The Morgan fingerprint density at radius 2 is 2.04 bits per heavy atom. The molecule has 0 aliphatic rings. The maximum absolute atomic E-state index is 6.21. The molecule has 0 aliphatic carbocycles. The molecule has 0 unspecified atom stereocenters. The second-order valence-corrected chi connectivity index (χ2v) is 7.05. The molecule has 0 radical (unpaired) electrons. The van der Waals surface area contributed by atoms with E-state index in [2.05, 4.69) is 15.2 Å². The van der Waals surface area contributed by atoms with Crippen LogP contribution in [0.5, 0.6) is 0 Å². The number of ether oxygens (including phenoxy) is 1. The predicted molar refractivity (Wildman–Crippen MR) is 102 cm³/mol. The monoisotopic (exact) mass is 394 g/mol. The maximum atomic E-state index is 6.21. The van der Waals surface area contributed by atoms with Crippen molar-refractivity contribution >= 4 is 35.0 Å². The molecule has 1 aromatic carbocycles. The van der Waals surface area contributed by atoms with Gasteiger partial charge in [-0.05, 0) is 36.8 Å². The van der Waals surface area contributed by atoms with Crippen LogP contribution in [0.4, 0.5) is 0 Å². The van der Waals surface area contributed by atoms with Crippen molar-refractivity contribution in [2.45, 2.75) is 11.6 Å². The molecule has 0 saturated heterocycles. The summed E-state index contributed by atoms with van der Waals surface area (Å²) < 4.78 is 7.07. The molecule has 3 aromatic rings. The summed E-state index contributed by atoms with van der Waals surface area (Å²) in [6, 6.07) is 9.30. The normalized spacial score (nSPS) is 11.0. The van der Waals surface area contributed by atoms with E-state index in [1.807, 2.05) is 28.8 Å². The van der Waals surface area contributed by atoms with Crippen molar-refractivity contribution in [1.29, 1.82) is 0 Å². The SMILES string of the molecule is COCCCSc1nnc(-c2cccnc2)n1-c1ccc(Cl)c(Cl)c1. The summed E-state index contributed by atoms with van der Waals surface area (Å²) in [7, 11) is 1.70. The minimum atomic E-state index is 0.486. The smallest absolute Gasteiger partial charge is 0.196 e. The highest BCUT2D eigenvalue weighted by molar-refractivity contribution is 7.99. The fourth-order valence-corrected chi connectivity index (χ4v) is 3.43. The Morgan fingerprint density at radius 1 is 1.16 bits per heavy atom. The Labute approximate surface area is 160 Å². The topological polar surface area (TPSA) is 52.8 Å². The second-order valence-electron chi connectivity index (χ2n) is 5.18. The molecule has 2 aromatic heterocycles. The van der Waals surface area contributed by atoms with Crippen LogP contribution in [0, 0.1) is 0 Å². The quantitative estimate of drug-likeness (QED) is 0.426. The zero-order chi connectivity index (χ0) is 17.6. The zero-order valence-corrected chi connectivity index (χ0v) is 15.9. The van der Waals surface area contributed by atoms with Crippen LogP contribution in [0.2, 0.25) is 10.0 Å². The summed E-state index contributed by atoms with van der Waals surface area (Å²) in [5.74, 6) is 1.58. The van der Waals surface area contributed by atoms with E-state index >= 15 is 0 Å². The predicted octanol–water partition coefficient (Wildman–Crippen LogP) is 4.76. The Balaban J connectivity index is 2.01. The number of pyridine rings is 1. The van der Waals surface area contributed by atoms with Crippen LogP contribution in [0.1, 0.15) is 6.42 Å². The molecule has 0 amide bonds. The summed E-state index contributed by atoms with van der Waals surface area (Å²) in [5.41, 5.74) is 1.73. The molecule has 5 nitrogen and oxygen atoms in total. The molecule has 0 bridgehead atoms. The van der Waals surface area contributed by atoms with E-state index in [9.17, 15) is 0 Å². The van der Waals surface area contributed by atoms with Crippen molar-refractivity contribution in [3.63, 3.8) is 0 Å². The van der Waals surface area contributed by atoms with Gasteiger partial charge in [-0.3, -0.25) is 9.55 Å². The number of thioether (sulfide) groups is 1. The molecular formula is C17H16Cl2N4OS. The zero-order valence-electron chi connectivity index (χ0n) is 13.5. The largest absolute Gasteiger partial charge is 0.385 e. The number of benzene rings is 1. The average Bonchev–Trinajstić information content (AvgIpc) is 3.06. The molecule has 130 valence electrons. The lowest BCUT2D eigenvalue weighted by Crippen LogP contribution is -2.01. The van der Waals surface area contributed by atoms with Gasteiger partial charge in [0.25, 0.3) is 0 Å². The van der Waals surface area contributed by atoms with E-state index < -0.39 is 0 Å². The number of aromatic nitrogens is 4. The lowest BCUT2D eigenvalue weighted by Gasteiger charge is -2.11. The first-order chi connectivity index (χ1) is 12.2. The Morgan fingerprint density at radius 3 is 2.76 bits per heavy atom. The first kappa shape index (κ1) is 18.2. The molecular weight excluding hydrogens is 379 g/mol. The molecule has 0 N–H and O–H groups in total. The minimum absolute atomic E-state index is 0.486. The van der Waals surface area contributed by atoms with Gasteiger partial charge in [0.05, 0.1) is 15.7 Å². The van der Waals surface area contributed by atoms with Crippen LogP contribution in [0.15, 0.2) is 47.9 Å². The third-order valence-electron chi connectivity index (χ3n) is 3.44. The first-order valence-corrected chi connectivity index (χ1v) is 9.38. The van der Waals surface area contributed by atoms with Gasteiger partial charge in [-0.2, -0.15) is 0 Å². The third-order valence-corrected chi connectivity index (χ3v) is 5.19. The highest BCUT2D eigenvalue weighted by Gasteiger charge is 2.17. The number of hydrogen-bond acceptors (Lipinski definition) is 5.